The van der Waals surface area contributed by atoms with E-state index in [4.69, 9.17) is 4.74 Å². The molecule has 104 valence electrons. The second-order valence-corrected chi connectivity index (χ2v) is 6.29. The van der Waals surface area contributed by atoms with Gasteiger partial charge in [0.1, 0.15) is 5.82 Å². The molecular formula is C14H16N4O2. The molecule has 5 rings (SSSR count). The summed E-state index contributed by atoms with van der Waals surface area (Å²) in [5.74, 6) is 1.75. The Bertz CT molecular complexity index is 767. The zero-order valence-electron chi connectivity index (χ0n) is 11.2. The minimum atomic E-state index is -0.129. The summed E-state index contributed by atoms with van der Waals surface area (Å²) in [5.41, 5.74) is 2.52. The van der Waals surface area contributed by atoms with Crippen LogP contribution in [0.15, 0.2) is 4.79 Å². The van der Waals surface area contributed by atoms with Gasteiger partial charge in [0.25, 0.3) is 5.56 Å². The van der Waals surface area contributed by atoms with E-state index in [1.807, 2.05) is 4.40 Å². The van der Waals surface area contributed by atoms with Crippen molar-refractivity contribution in [1.29, 1.82) is 0 Å². The number of nitrogens with one attached hydrogen (secondary N) is 1. The first kappa shape index (κ1) is 11.0. The van der Waals surface area contributed by atoms with E-state index in [0.29, 0.717) is 18.9 Å². The Morgan fingerprint density at radius 2 is 2.15 bits per heavy atom. The minimum Gasteiger partial charge on any atom is -0.375 e. The van der Waals surface area contributed by atoms with Gasteiger partial charge in [-0.05, 0) is 31.6 Å². The highest BCUT2D eigenvalue weighted by molar-refractivity contribution is 5.42. The second-order valence-electron chi connectivity index (χ2n) is 6.29. The highest BCUT2D eigenvalue weighted by Crippen LogP contribution is 2.61. The molecule has 6 heteroatoms. The quantitative estimate of drug-likeness (QED) is 0.882. The number of hydrogen-bond donors (Lipinski definition) is 1. The molecule has 1 aliphatic heterocycles. The summed E-state index contributed by atoms with van der Waals surface area (Å²) in [6.45, 7) is 1.20. The highest BCUT2D eigenvalue weighted by Gasteiger charge is 2.58. The molecule has 2 fully saturated rings. The molecule has 2 aliphatic carbocycles. The number of aromatic nitrogens is 4. The van der Waals surface area contributed by atoms with E-state index in [1.165, 1.54) is 25.7 Å². The van der Waals surface area contributed by atoms with E-state index in [0.717, 1.165) is 29.6 Å². The molecular weight excluding hydrogens is 256 g/mol. The van der Waals surface area contributed by atoms with Gasteiger partial charge in [0.15, 0.2) is 0 Å². The SMILES string of the molecule is O=c1[nH]c2c(n3c(C4(C5CC5)CC4)nnc13)COCC2. The molecule has 0 amide bonds. The van der Waals surface area contributed by atoms with E-state index >= 15 is 0 Å². The zero-order chi connectivity index (χ0) is 13.3. The van der Waals surface area contributed by atoms with Crippen LogP contribution in [0.1, 0.15) is 42.9 Å². The van der Waals surface area contributed by atoms with Crippen molar-refractivity contribution in [3.8, 4) is 0 Å². The summed E-state index contributed by atoms with van der Waals surface area (Å²) < 4.78 is 7.58. The molecule has 3 heterocycles. The first-order valence-corrected chi connectivity index (χ1v) is 7.37. The van der Waals surface area contributed by atoms with Crippen molar-refractivity contribution in [2.75, 3.05) is 6.61 Å². The topological polar surface area (TPSA) is 72.3 Å². The van der Waals surface area contributed by atoms with Crippen LogP contribution in [0.4, 0.5) is 0 Å². The van der Waals surface area contributed by atoms with E-state index < -0.39 is 0 Å². The van der Waals surface area contributed by atoms with Gasteiger partial charge in [-0.15, -0.1) is 10.2 Å². The molecule has 0 radical (unpaired) electrons. The van der Waals surface area contributed by atoms with Crippen LogP contribution in [-0.4, -0.2) is 26.2 Å². The number of H-pyrrole nitrogens is 1. The predicted octanol–water partition coefficient (Wildman–Crippen LogP) is 0.932. The number of aromatic amines is 1. The van der Waals surface area contributed by atoms with Crippen molar-refractivity contribution < 1.29 is 4.74 Å². The third-order valence-corrected chi connectivity index (χ3v) is 5.08. The smallest absolute Gasteiger partial charge is 0.293 e. The van der Waals surface area contributed by atoms with Gasteiger partial charge in [-0.25, -0.2) is 0 Å². The lowest BCUT2D eigenvalue weighted by molar-refractivity contribution is 0.104. The van der Waals surface area contributed by atoms with Gasteiger partial charge < -0.3 is 9.72 Å². The third kappa shape index (κ3) is 1.30. The third-order valence-electron chi connectivity index (χ3n) is 5.08. The summed E-state index contributed by atoms with van der Waals surface area (Å²) in [4.78, 5) is 15.1. The first-order chi connectivity index (χ1) is 9.79. The van der Waals surface area contributed by atoms with Gasteiger partial charge in [0.2, 0.25) is 5.65 Å². The van der Waals surface area contributed by atoms with Gasteiger partial charge in [0, 0.05) is 17.5 Å². The van der Waals surface area contributed by atoms with E-state index in [9.17, 15) is 4.79 Å². The fourth-order valence-electron chi connectivity index (χ4n) is 3.70. The lowest BCUT2D eigenvalue weighted by Gasteiger charge is -2.20. The fourth-order valence-corrected chi connectivity index (χ4v) is 3.70. The summed E-state index contributed by atoms with van der Waals surface area (Å²) in [6.07, 6.45) is 5.70. The summed E-state index contributed by atoms with van der Waals surface area (Å²) in [5, 5.41) is 8.55. The van der Waals surface area contributed by atoms with Crippen molar-refractivity contribution >= 4 is 5.65 Å². The Balaban J connectivity index is 1.83. The number of ether oxygens (including phenoxy) is 1. The van der Waals surface area contributed by atoms with Crippen molar-refractivity contribution in [2.45, 2.75) is 44.1 Å². The van der Waals surface area contributed by atoms with Gasteiger partial charge in [0.05, 0.1) is 18.9 Å². The van der Waals surface area contributed by atoms with Gasteiger partial charge in [-0.1, -0.05) is 0 Å². The van der Waals surface area contributed by atoms with Crippen LogP contribution in [0.2, 0.25) is 0 Å². The molecule has 2 saturated carbocycles. The average Bonchev–Trinajstić information content (AvgIpc) is 3.36. The lowest BCUT2D eigenvalue weighted by atomic mass is 9.99. The average molecular weight is 272 g/mol. The normalized spacial score (nSPS) is 23.8. The Morgan fingerprint density at radius 3 is 2.90 bits per heavy atom. The number of fused-ring (bicyclic) bond motifs is 3. The molecule has 6 nitrogen and oxygen atoms in total. The van der Waals surface area contributed by atoms with E-state index in [-0.39, 0.29) is 11.0 Å². The van der Waals surface area contributed by atoms with Crippen LogP contribution in [0.3, 0.4) is 0 Å². The maximum atomic E-state index is 12.2. The standard InChI is InChI=1S/C14H16N4O2/c19-12-11-16-17-13(14(4-5-14)8-1-2-8)18(11)10-7-20-6-3-9(10)15-12/h8H,1-7H2,(H,15,19). The number of rotatable bonds is 2. The Morgan fingerprint density at radius 1 is 1.30 bits per heavy atom. The molecule has 0 saturated heterocycles. The van der Waals surface area contributed by atoms with Gasteiger partial charge in [-0.3, -0.25) is 9.20 Å². The number of nitrogens with zero attached hydrogens (tertiary/aromatic N) is 3. The van der Waals surface area contributed by atoms with Crippen LogP contribution in [-0.2, 0) is 23.2 Å². The van der Waals surface area contributed by atoms with E-state index in [1.54, 1.807) is 0 Å². The maximum absolute atomic E-state index is 12.2. The van der Waals surface area contributed by atoms with Crippen molar-refractivity contribution in [3.05, 3.63) is 27.6 Å². The second kappa shape index (κ2) is 3.49. The zero-order valence-corrected chi connectivity index (χ0v) is 11.2. The molecule has 2 aromatic rings. The molecule has 0 atom stereocenters. The summed E-state index contributed by atoms with van der Waals surface area (Å²) in [7, 11) is 0. The van der Waals surface area contributed by atoms with Crippen molar-refractivity contribution in [3.63, 3.8) is 0 Å². The first-order valence-electron chi connectivity index (χ1n) is 7.37. The monoisotopic (exact) mass is 272 g/mol. The maximum Gasteiger partial charge on any atom is 0.293 e. The Hall–Kier alpha value is -1.69. The molecule has 0 aromatic carbocycles. The predicted molar refractivity (Wildman–Crippen MR) is 70.6 cm³/mol. The van der Waals surface area contributed by atoms with Crippen molar-refractivity contribution in [1.82, 2.24) is 19.6 Å². The molecule has 0 spiro atoms. The van der Waals surface area contributed by atoms with Crippen molar-refractivity contribution in [2.24, 2.45) is 5.92 Å². The number of hydrogen-bond acceptors (Lipinski definition) is 4. The highest BCUT2D eigenvalue weighted by atomic mass is 16.5. The molecule has 1 N–H and O–H groups in total. The minimum absolute atomic E-state index is 0.129. The van der Waals surface area contributed by atoms with Crippen LogP contribution in [0.25, 0.3) is 5.65 Å². The fraction of sp³-hybridized carbons (Fsp3) is 0.643. The van der Waals surface area contributed by atoms with E-state index in [2.05, 4.69) is 15.2 Å². The Kier molecular flexibility index (Phi) is 1.92. The summed E-state index contributed by atoms with van der Waals surface area (Å²) in [6, 6.07) is 0. The van der Waals surface area contributed by atoms with Crippen LogP contribution >= 0.6 is 0 Å². The molecule has 2 aromatic heterocycles. The Labute approximate surface area is 115 Å². The summed E-state index contributed by atoms with van der Waals surface area (Å²) >= 11 is 0. The molecule has 20 heavy (non-hydrogen) atoms. The van der Waals surface area contributed by atoms with Crippen LogP contribution in [0, 0.1) is 5.92 Å². The molecule has 0 bridgehead atoms. The van der Waals surface area contributed by atoms with Crippen LogP contribution < -0.4 is 5.56 Å². The molecule has 3 aliphatic rings. The van der Waals surface area contributed by atoms with Gasteiger partial charge >= 0.3 is 0 Å². The van der Waals surface area contributed by atoms with Gasteiger partial charge in [-0.2, -0.15) is 0 Å². The molecule has 0 unspecified atom stereocenters. The largest absolute Gasteiger partial charge is 0.375 e. The van der Waals surface area contributed by atoms with Crippen LogP contribution in [0.5, 0.6) is 0 Å². The lowest BCUT2D eigenvalue weighted by Crippen LogP contribution is -2.25.